The number of rotatable bonds is 6. The molecule has 0 aromatic heterocycles. The van der Waals surface area contributed by atoms with E-state index >= 15 is 0 Å². The summed E-state index contributed by atoms with van der Waals surface area (Å²) in [5.74, 6) is 0.0845. The quantitative estimate of drug-likeness (QED) is 0.842. The zero-order chi connectivity index (χ0) is 13.7. The van der Waals surface area contributed by atoms with E-state index in [-0.39, 0.29) is 18.2 Å². The summed E-state index contributed by atoms with van der Waals surface area (Å²) in [6.45, 7) is 1.45. The van der Waals surface area contributed by atoms with E-state index in [4.69, 9.17) is 9.84 Å². The molecule has 1 saturated heterocycles. The van der Waals surface area contributed by atoms with Gasteiger partial charge in [0.05, 0.1) is 19.4 Å². The van der Waals surface area contributed by atoms with Gasteiger partial charge in [-0.2, -0.15) is 0 Å². The lowest BCUT2D eigenvalue weighted by Gasteiger charge is -2.38. The standard InChI is InChI=1S/C14H17NO4/c16-13(15-9-11(10-15)8-14(17)18)6-7-19-12-4-2-1-3-5-12/h1-5,11H,6-10H2,(H,17,18). The van der Waals surface area contributed by atoms with E-state index in [0.29, 0.717) is 26.1 Å². The first-order valence-electron chi connectivity index (χ1n) is 6.32. The van der Waals surface area contributed by atoms with Crippen molar-refractivity contribution < 1.29 is 19.4 Å². The summed E-state index contributed by atoms with van der Waals surface area (Å²) in [5, 5.41) is 8.62. The molecule has 1 heterocycles. The highest BCUT2D eigenvalue weighted by Gasteiger charge is 2.31. The summed E-state index contributed by atoms with van der Waals surface area (Å²) in [6, 6.07) is 9.35. The molecule has 0 radical (unpaired) electrons. The molecule has 0 saturated carbocycles. The normalized spacial score (nSPS) is 14.8. The van der Waals surface area contributed by atoms with Crippen LogP contribution in [0.4, 0.5) is 0 Å². The van der Waals surface area contributed by atoms with Gasteiger partial charge in [0.25, 0.3) is 0 Å². The highest BCUT2D eigenvalue weighted by atomic mass is 16.5. The Balaban J connectivity index is 1.62. The second kappa shape index (κ2) is 6.22. The van der Waals surface area contributed by atoms with Gasteiger partial charge in [-0.05, 0) is 12.1 Å². The number of carbonyl (C=O) groups excluding carboxylic acids is 1. The van der Waals surface area contributed by atoms with Crippen LogP contribution in [-0.2, 0) is 9.59 Å². The van der Waals surface area contributed by atoms with Crippen LogP contribution in [0, 0.1) is 5.92 Å². The number of carboxylic acid groups (broad SMARTS) is 1. The summed E-state index contributed by atoms with van der Waals surface area (Å²) >= 11 is 0. The molecule has 1 aliphatic heterocycles. The molecule has 0 spiro atoms. The molecule has 1 N–H and O–H groups in total. The van der Waals surface area contributed by atoms with Gasteiger partial charge < -0.3 is 14.7 Å². The molecular weight excluding hydrogens is 246 g/mol. The SMILES string of the molecule is O=C(O)CC1CN(C(=O)CCOc2ccccc2)C1. The third-order valence-corrected chi connectivity index (χ3v) is 3.10. The Morgan fingerprint density at radius 2 is 1.95 bits per heavy atom. The van der Waals surface area contributed by atoms with Crippen LogP contribution in [-0.4, -0.2) is 41.6 Å². The third kappa shape index (κ3) is 3.98. The van der Waals surface area contributed by atoms with Gasteiger partial charge in [0, 0.05) is 19.0 Å². The van der Waals surface area contributed by atoms with Crippen molar-refractivity contribution in [2.75, 3.05) is 19.7 Å². The Hall–Kier alpha value is -2.04. The molecule has 1 aromatic carbocycles. The lowest BCUT2D eigenvalue weighted by molar-refractivity contribution is -0.145. The van der Waals surface area contributed by atoms with Crippen LogP contribution in [0.5, 0.6) is 5.75 Å². The van der Waals surface area contributed by atoms with E-state index in [0.717, 1.165) is 5.75 Å². The minimum atomic E-state index is -0.801. The molecule has 1 aliphatic rings. The summed E-state index contributed by atoms with van der Waals surface area (Å²) in [4.78, 5) is 23.9. The fraction of sp³-hybridized carbons (Fsp3) is 0.429. The Morgan fingerprint density at radius 1 is 1.26 bits per heavy atom. The van der Waals surface area contributed by atoms with Crippen molar-refractivity contribution in [2.45, 2.75) is 12.8 Å². The van der Waals surface area contributed by atoms with E-state index in [1.807, 2.05) is 30.3 Å². The predicted octanol–water partition coefficient (Wildman–Crippen LogP) is 1.39. The second-order valence-electron chi connectivity index (χ2n) is 4.67. The molecule has 5 nitrogen and oxygen atoms in total. The van der Waals surface area contributed by atoms with Crippen molar-refractivity contribution in [1.29, 1.82) is 0 Å². The van der Waals surface area contributed by atoms with Crippen LogP contribution >= 0.6 is 0 Å². The maximum Gasteiger partial charge on any atom is 0.303 e. The Morgan fingerprint density at radius 3 is 2.58 bits per heavy atom. The molecule has 1 fully saturated rings. The maximum atomic E-state index is 11.7. The highest BCUT2D eigenvalue weighted by molar-refractivity contribution is 5.77. The van der Waals surface area contributed by atoms with Gasteiger partial charge in [-0.25, -0.2) is 0 Å². The zero-order valence-corrected chi connectivity index (χ0v) is 10.6. The van der Waals surface area contributed by atoms with Crippen LogP contribution < -0.4 is 4.74 Å². The van der Waals surface area contributed by atoms with Crippen molar-refractivity contribution >= 4 is 11.9 Å². The van der Waals surface area contributed by atoms with E-state index in [1.165, 1.54) is 0 Å². The van der Waals surface area contributed by atoms with Crippen molar-refractivity contribution in [2.24, 2.45) is 5.92 Å². The average Bonchev–Trinajstić information content (AvgIpc) is 2.34. The average molecular weight is 263 g/mol. The fourth-order valence-corrected chi connectivity index (χ4v) is 2.08. The van der Waals surface area contributed by atoms with Crippen molar-refractivity contribution in [1.82, 2.24) is 4.90 Å². The largest absolute Gasteiger partial charge is 0.493 e. The first-order valence-corrected chi connectivity index (χ1v) is 6.32. The number of ether oxygens (including phenoxy) is 1. The number of amides is 1. The van der Waals surface area contributed by atoms with E-state index in [1.54, 1.807) is 4.90 Å². The summed E-state index contributed by atoms with van der Waals surface area (Å²) in [5.41, 5.74) is 0. The molecule has 0 unspecified atom stereocenters. The number of aliphatic carboxylic acids is 1. The maximum absolute atomic E-state index is 11.7. The van der Waals surface area contributed by atoms with Crippen LogP contribution in [0.1, 0.15) is 12.8 Å². The first kappa shape index (κ1) is 13.4. The summed E-state index contributed by atoms with van der Waals surface area (Å²) in [6.07, 6.45) is 0.471. The highest BCUT2D eigenvalue weighted by Crippen LogP contribution is 2.19. The lowest BCUT2D eigenvalue weighted by Crippen LogP contribution is -2.50. The number of para-hydroxylation sites is 1. The lowest BCUT2D eigenvalue weighted by atomic mass is 9.96. The van der Waals surface area contributed by atoms with Crippen molar-refractivity contribution in [3.8, 4) is 5.75 Å². The second-order valence-corrected chi connectivity index (χ2v) is 4.67. The fourth-order valence-electron chi connectivity index (χ4n) is 2.08. The van der Waals surface area contributed by atoms with Gasteiger partial charge in [-0.3, -0.25) is 9.59 Å². The van der Waals surface area contributed by atoms with Crippen LogP contribution in [0.3, 0.4) is 0 Å². The van der Waals surface area contributed by atoms with Gasteiger partial charge in [-0.15, -0.1) is 0 Å². The van der Waals surface area contributed by atoms with Gasteiger partial charge in [0.1, 0.15) is 5.75 Å². The number of carbonyl (C=O) groups is 2. The number of nitrogens with zero attached hydrogens (tertiary/aromatic N) is 1. The molecule has 0 bridgehead atoms. The van der Waals surface area contributed by atoms with E-state index in [9.17, 15) is 9.59 Å². The molecule has 1 amide bonds. The number of hydrogen-bond donors (Lipinski definition) is 1. The molecule has 5 heteroatoms. The molecule has 1 aromatic rings. The number of hydrogen-bond acceptors (Lipinski definition) is 3. The van der Waals surface area contributed by atoms with E-state index < -0.39 is 5.97 Å². The smallest absolute Gasteiger partial charge is 0.303 e. The van der Waals surface area contributed by atoms with Crippen LogP contribution in [0.25, 0.3) is 0 Å². The molecule has 2 rings (SSSR count). The zero-order valence-electron chi connectivity index (χ0n) is 10.6. The minimum Gasteiger partial charge on any atom is -0.493 e. The molecule has 0 aliphatic carbocycles. The van der Waals surface area contributed by atoms with Crippen molar-refractivity contribution in [3.05, 3.63) is 30.3 Å². The van der Waals surface area contributed by atoms with Crippen molar-refractivity contribution in [3.63, 3.8) is 0 Å². The summed E-state index contributed by atoms with van der Waals surface area (Å²) < 4.78 is 5.45. The van der Waals surface area contributed by atoms with Crippen LogP contribution in [0.2, 0.25) is 0 Å². The van der Waals surface area contributed by atoms with Gasteiger partial charge in [0.15, 0.2) is 0 Å². The monoisotopic (exact) mass is 263 g/mol. The minimum absolute atomic E-state index is 0.0255. The number of likely N-dealkylation sites (tertiary alicyclic amines) is 1. The van der Waals surface area contributed by atoms with Gasteiger partial charge in [0.2, 0.25) is 5.91 Å². The third-order valence-electron chi connectivity index (χ3n) is 3.10. The number of benzene rings is 1. The molecule has 102 valence electrons. The molecular formula is C14H17NO4. The summed E-state index contributed by atoms with van der Waals surface area (Å²) in [7, 11) is 0. The van der Waals surface area contributed by atoms with E-state index in [2.05, 4.69) is 0 Å². The Labute approximate surface area is 111 Å². The topological polar surface area (TPSA) is 66.8 Å². The number of carboxylic acids is 1. The van der Waals surface area contributed by atoms with Gasteiger partial charge >= 0.3 is 5.97 Å². The van der Waals surface area contributed by atoms with Crippen LogP contribution in [0.15, 0.2) is 30.3 Å². The predicted molar refractivity (Wildman–Crippen MR) is 68.9 cm³/mol. The molecule has 0 atom stereocenters. The Kier molecular flexibility index (Phi) is 4.39. The first-order chi connectivity index (χ1) is 9.15. The Bertz CT molecular complexity index is 440. The van der Waals surface area contributed by atoms with Gasteiger partial charge in [-0.1, -0.05) is 18.2 Å². The molecule has 19 heavy (non-hydrogen) atoms.